The van der Waals surface area contributed by atoms with Crippen LogP contribution in [-0.2, 0) is 0 Å². The quantitative estimate of drug-likeness (QED) is 0.817. The average molecular weight is 325 g/mol. The van der Waals surface area contributed by atoms with Gasteiger partial charge < -0.3 is 5.32 Å². The van der Waals surface area contributed by atoms with Gasteiger partial charge in [-0.3, -0.25) is 4.99 Å². The Morgan fingerprint density at radius 2 is 2.11 bits per heavy atom. The van der Waals surface area contributed by atoms with Crippen molar-refractivity contribution in [3.63, 3.8) is 0 Å². The summed E-state index contributed by atoms with van der Waals surface area (Å²) in [4.78, 5) is 4.94. The number of hydrogen-bond acceptors (Lipinski definition) is 3. The molecule has 1 aromatic carbocycles. The molecular weight excluding hydrogens is 308 g/mol. The maximum atomic E-state index is 4.94. The van der Waals surface area contributed by atoms with Crippen LogP contribution in [0.1, 0.15) is 31.2 Å². The van der Waals surface area contributed by atoms with Crippen molar-refractivity contribution in [1.29, 1.82) is 0 Å². The number of rotatable bonds is 1. The Morgan fingerprint density at radius 3 is 2.89 bits per heavy atom. The number of anilines is 1. The van der Waals surface area contributed by atoms with Crippen LogP contribution in [0.15, 0.2) is 27.7 Å². The molecule has 0 atom stereocenters. The van der Waals surface area contributed by atoms with Gasteiger partial charge in [0.05, 0.1) is 5.54 Å². The highest BCUT2D eigenvalue weighted by atomic mass is 79.9. The number of halogens is 1. The third kappa shape index (κ3) is 2.32. The second-order valence-electron chi connectivity index (χ2n) is 5.17. The first kappa shape index (κ1) is 12.5. The molecule has 1 spiro atoms. The zero-order valence-corrected chi connectivity index (χ0v) is 12.9. The number of benzene rings is 1. The molecule has 4 heteroatoms. The first-order valence-electron chi connectivity index (χ1n) is 6.43. The van der Waals surface area contributed by atoms with E-state index in [0.29, 0.717) is 0 Å². The summed E-state index contributed by atoms with van der Waals surface area (Å²) >= 11 is 5.44. The molecule has 3 rings (SSSR count). The molecule has 96 valence electrons. The van der Waals surface area contributed by atoms with Crippen LogP contribution >= 0.6 is 27.7 Å². The van der Waals surface area contributed by atoms with Crippen molar-refractivity contribution in [2.75, 3.05) is 11.1 Å². The summed E-state index contributed by atoms with van der Waals surface area (Å²) in [5.74, 6) is 1.16. The van der Waals surface area contributed by atoms with Crippen molar-refractivity contribution < 1.29 is 0 Å². The molecule has 2 aliphatic rings. The van der Waals surface area contributed by atoms with Crippen LogP contribution in [0.4, 0.5) is 5.69 Å². The van der Waals surface area contributed by atoms with E-state index >= 15 is 0 Å². The molecular formula is C14H17BrN2S. The van der Waals surface area contributed by atoms with Crippen molar-refractivity contribution in [3.8, 4) is 0 Å². The highest BCUT2D eigenvalue weighted by Crippen LogP contribution is 2.41. The fourth-order valence-electron chi connectivity index (χ4n) is 2.69. The van der Waals surface area contributed by atoms with Crippen LogP contribution in [0.3, 0.4) is 0 Å². The zero-order chi connectivity index (χ0) is 12.6. The van der Waals surface area contributed by atoms with Crippen LogP contribution < -0.4 is 5.32 Å². The van der Waals surface area contributed by atoms with Gasteiger partial charge in [0.15, 0.2) is 5.17 Å². The van der Waals surface area contributed by atoms with E-state index in [9.17, 15) is 0 Å². The van der Waals surface area contributed by atoms with Crippen molar-refractivity contribution in [3.05, 3.63) is 28.2 Å². The summed E-state index contributed by atoms with van der Waals surface area (Å²) < 4.78 is 1.15. The van der Waals surface area contributed by atoms with E-state index in [-0.39, 0.29) is 5.54 Å². The lowest BCUT2D eigenvalue weighted by molar-refractivity contribution is 0.508. The molecule has 0 amide bonds. The molecule has 1 fully saturated rings. The lowest BCUT2D eigenvalue weighted by Crippen LogP contribution is -2.21. The van der Waals surface area contributed by atoms with Crippen LogP contribution in [0.5, 0.6) is 0 Å². The van der Waals surface area contributed by atoms with E-state index in [1.165, 1.54) is 31.2 Å². The summed E-state index contributed by atoms with van der Waals surface area (Å²) in [6, 6.07) is 6.25. The maximum Gasteiger partial charge on any atom is 0.161 e. The smallest absolute Gasteiger partial charge is 0.161 e. The summed E-state index contributed by atoms with van der Waals surface area (Å²) in [5, 5.41) is 4.58. The molecule has 1 N–H and O–H groups in total. The van der Waals surface area contributed by atoms with Gasteiger partial charge >= 0.3 is 0 Å². The molecule has 0 saturated heterocycles. The van der Waals surface area contributed by atoms with Gasteiger partial charge in [-0.15, -0.1) is 0 Å². The van der Waals surface area contributed by atoms with E-state index in [1.54, 1.807) is 0 Å². The number of aliphatic imine (C=N–C) groups is 1. The minimum Gasteiger partial charge on any atom is -0.335 e. The van der Waals surface area contributed by atoms with Gasteiger partial charge in [0.25, 0.3) is 0 Å². The highest BCUT2D eigenvalue weighted by Gasteiger charge is 2.38. The summed E-state index contributed by atoms with van der Waals surface area (Å²) in [6.07, 6.45) is 5.21. The normalized spacial score (nSPS) is 21.3. The van der Waals surface area contributed by atoms with Crippen molar-refractivity contribution in [2.24, 2.45) is 4.99 Å². The molecule has 2 nitrogen and oxygen atoms in total. The summed E-state index contributed by atoms with van der Waals surface area (Å²) in [5.41, 5.74) is 2.66. The van der Waals surface area contributed by atoms with Gasteiger partial charge in [-0.25, -0.2) is 0 Å². The zero-order valence-electron chi connectivity index (χ0n) is 10.5. The number of nitrogens with one attached hydrogen (secondary N) is 1. The number of amidine groups is 1. The molecule has 0 aromatic heterocycles. The van der Waals surface area contributed by atoms with Gasteiger partial charge in [-0.2, -0.15) is 0 Å². The van der Waals surface area contributed by atoms with Crippen molar-refractivity contribution >= 4 is 38.5 Å². The first-order valence-corrected chi connectivity index (χ1v) is 8.21. The van der Waals surface area contributed by atoms with Crippen LogP contribution in [0, 0.1) is 6.92 Å². The fourth-order valence-corrected chi connectivity index (χ4v) is 4.26. The SMILES string of the molecule is Cc1c(Br)cccc1NC1=NC2(CCCC2)CS1. The molecule has 1 heterocycles. The Kier molecular flexibility index (Phi) is 3.41. The largest absolute Gasteiger partial charge is 0.335 e. The third-order valence-electron chi connectivity index (χ3n) is 3.86. The average Bonchev–Trinajstić information content (AvgIpc) is 2.97. The fraction of sp³-hybridized carbons (Fsp3) is 0.500. The lowest BCUT2D eigenvalue weighted by Gasteiger charge is -2.16. The van der Waals surface area contributed by atoms with Crippen LogP contribution in [0.2, 0.25) is 0 Å². The Bertz CT molecular complexity index is 493. The molecule has 1 aliphatic heterocycles. The van der Waals surface area contributed by atoms with Gasteiger partial charge in [0.2, 0.25) is 0 Å². The molecule has 1 aromatic rings. The van der Waals surface area contributed by atoms with Gasteiger partial charge in [0.1, 0.15) is 0 Å². The van der Waals surface area contributed by atoms with Crippen molar-refractivity contribution in [2.45, 2.75) is 38.1 Å². The number of hydrogen-bond donors (Lipinski definition) is 1. The molecule has 0 unspecified atom stereocenters. The predicted molar refractivity (Wildman–Crippen MR) is 83.6 cm³/mol. The minimum absolute atomic E-state index is 0.257. The Hall–Kier alpha value is -0.480. The standard InChI is InChI=1S/C14H17BrN2S/c1-10-11(15)5-4-6-12(10)16-13-17-14(9-18-13)7-2-3-8-14/h4-6H,2-3,7-9H2,1H3,(H,16,17). The lowest BCUT2D eigenvalue weighted by atomic mass is 10.0. The highest BCUT2D eigenvalue weighted by molar-refractivity contribution is 9.10. The van der Waals surface area contributed by atoms with E-state index in [4.69, 9.17) is 4.99 Å². The van der Waals surface area contributed by atoms with Gasteiger partial charge in [-0.05, 0) is 37.5 Å². The molecule has 0 radical (unpaired) electrons. The Morgan fingerprint density at radius 1 is 1.33 bits per heavy atom. The van der Waals surface area contributed by atoms with E-state index in [2.05, 4.69) is 46.4 Å². The second-order valence-corrected chi connectivity index (χ2v) is 6.99. The topological polar surface area (TPSA) is 24.4 Å². The number of nitrogens with zero attached hydrogens (tertiary/aromatic N) is 1. The molecule has 18 heavy (non-hydrogen) atoms. The molecule has 0 bridgehead atoms. The van der Waals surface area contributed by atoms with Crippen LogP contribution in [0.25, 0.3) is 0 Å². The molecule has 1 aliphatic carbocycles. The summed E-state index contributed by atoms with van der Waals surface area (Å²) in [7, 11) is 0. The van der Waals surface area contributed by atoms with Gasteiger partial charge in [-0.1, -0.05) is 46.6 Å². The van der Waals surface area contributed by atoms with Gasteiger partial charge in [0, 0.05) is 15.9 Å². The number of thioether (sulfide) groups is 1. The van der Waals surface area contributed by atoms with E-state index < -0.39 is 0 Å². The third-order valence-corrected chi connectivity index (χ3v) is 5.87. The first-order chi connectivity index (χ1) is 8.69. The Balaban J connectivity index is 1.79. The van der Waals surface area contributed by atoms with Crippen LogP contribution in [-0.4, -0.2) is 16.5 Å². The monoisotopic (exact) mass is 324 g/mol. The van der Waals surface area contributed by atoms with E-state index in [1.807, 2.05) is 11.8 Å². The molecule has 1 saturated carbocycles. The maximum absolute atomic E-state index is 4.94. The summed E-state index contributed by atoms with van der Waals surface area (Å²) in [6.45, 7) is 2.12. The van der Waals surface area contributed by atoms with Crippen molar-refractivity contribution in [1.82, 2.24) is 0 Å². The minimum atomic E-state index is 0.257. The second kappa shape index (κ2) is 4.89. The predicted octanol–water partition coefficient (Wildman–Crippen LogP) is 4.59. The van der Waals surface area contributed by atoms with E-state index in [0.717, 1.165) is 21.1 Å². The Labute approximate surface area is 121 Å².